The van der Waals surface area contributed by atoms with Gasteiger partial charge in [-0.2, -0.15) is 4.98 Å². The average molecular weight is 419 g/mol. The number of non-ortho nitro benzene ring substituents is 1. The maximum Gasteiger partial charge on any atom is 0.271 e. The fourth-order valence-corrected chi connectivity index (χ4v) is 2.13. The summed E-state index contributed by atoms with van der Waals surface area (Å²) in [6, 6.07) is 5.96. The lowest BCUT2D eigenvalue weighted by molar-refractivity contribution is -0.384. The van der Waals surface area contributed by atoms with E-state index in [9.17, 15) is 15.2 Å². The third-order valence-electron chi connectivity index (χ3n) is 3.11. The molecule has 0 aliphatic rings. The lowest BCUT2D eigenvalue weighted by Crippen LogP contribution is -2.23. The number of hydrogen-bond acceptors (Lipinski definition) is 7. The van der Waals surface area contributed by atoms with Crippen molar-refractivity contribution in [2.75, 3.05) is 17.2 Å². The van der Waals surface area contributed by atoms with Gasteiger partial charge in [0.05, 0.1) is 22.0 Å². The quantitative estimate of drug-likeness (QED) is 0.466. The molecular formula is C14H17BrClN5O3. The van der Waals surface area contributed by atoms with Crippen molar-refractivity contribution < 1.29 is 10.0 Å². The number of aliphatic hydroxyl groups excluding tert-OH is 1. The number of hydrogen-bond donors (Lipinski definition) is 3. The number of halogens is 2. The summed E-state index contributed by atoms with van der Waals surface area (Å²) < 4.78 is 0.661. The van der Waals surface area contributed by atoms with E-state index in [2.05, 4.69) is 36.5 Å². The highest BCUT2D eigenvalue weighted by atomic mass is 79.9. The molecule has 1 aromatic heterocycles. The Morgan fingerprint density at radius 3 is 2.83 bits per heavy atom. The molecule has 1 aromatic carbocycles. The molecule has 3 N–H and O–H groups in total. The molecule has 0 aliphatic heterocycles. The van der Waals surface area contributed by atoms with E-state index in [-0.39, 0.29) is 30.7 Å². The lowest BCUT2D eigenvalue weighted by atomic mass is 10.2. The van der Waals surface area contributed by atoms with E-state index in [1.165, 1.54) is 12.1 Å². The van der Waals surface area contributed by atoms with Crippen LogP contribution < -0.4 is 10.6 Å². The predicted octanol–water partition coefficient (Wildman–Crippen LogP) is 3.50. The predicted molar refractivity (Wildman–Crippen MR) is 98.1 cm³/mol. The molecule has 0 fully saturated rings. The minimum Gasteiger partial charge on any atom is -0.394 e. The van der Waals surface area contributed by atoms with Crippen LogP contribution in [-0.4, -0.2) is 32.6 Å². The van der Waals surface area contributed by atoms with Crippen molar-refractivity contribution >= 4 is 51.5 Å². The Kier molecular flexibility index (Phi) is 7.83. The first-order chi connectivity index (χ1) is 11.0. The number of anilines is 3. The summed E-state index contributed by atoms with van der Waals surface area (Å²) in [6.45, 7) is 1.94. The van der Waals surface area contributed by atoms with Crippen molar-refractivity contribution in [1.82, 2.24) is 9.97 Å². The van der Waals surface area contributed by atoms with Crippen LogP contribution in [0, 0.1) is 10.1 Å². The molecule has 2 rings (SSSR count). The maximum absolute atomic E-state index is 10.8. The first kappa shape index (κ1) is 20.1. The summed E-state index contributed by atoms with van der Waals surface area (Å²) >= 11 is 3.35. The van der Waals surface area contributed by atoms with Crippen LogP contribution in [0.5, 0.6) is 0 Å². The summed E-state index contributed by atoms with van der Waals surface area (Å²) in [5.74, 6) is 0.831. The smallest absolute Gasteiger partial charge is 0.271 e. The van der Waals surface area contributed by atoms with Gasteiger partial charge in [0, 0.05) is 24.0 Å². The number of aromatic nitrogens is 2. The molecule has 1 heterocycles. The molecule has 0 saturated heterocycles. The lowest BCUT2D eigenvalue weighted by Gasteiger charge is -2.16. The Labute approximate surface area is 153 Å². The van der Waals surface area contributed by atoms with Crippen LogP contribution in [0.2, 0.25) is 0 Å². The molecule has 0 spiro atoms. The second-order valence-corrected chi connectivity index (χ2v) is 5.61. The second kappa shape index (κ2) is 9.36. The standard InChI is InChI=1S/C14H16BrN5O3.ClH/c1-2-9(8-21)17-13-12(15)7-16-14(19-13)18-10-4-3-5-11(6-10)20(22)23;/h3-7,9,21H,2,8H2,1H3,(H2,16,17,18,19);1H. The van der Waals surface area contributed by atoms with Crippen LogP contribution in [0.1, 0.15) is 13.3 Å². The summed E-state index contributed by atoms with van der Waals surface area (Å²) in [4.78, 5) is 18.8. The Hall–Kier alpha value is -1.97. The monoisotopic (exact) mass is 417 g/mol. The van der Waals surface area contributed by atoms with Gasteiger partial charge in [-0.3, -0.25) is 10.1 Å². The number of benzene rings is 1. The van der Waals surface area contributed by atoms with Crippen LogP contribution >= 0.6 is 28.3 Å². The van der Waals surface area contributed by atoms with E-state index in [4.69, 9.17) is 0 Å². The van der Waals surface area contributed by atoms with Crippen molar-refractivity contribution in [2.45, 2.75) is 19.4 Å². The molecule has 1 unspecified atom stereocenters. The molecule has 130 valence electrons. The molecule has 8 nitrogen and oxygen atoms in total. The van der Waals surface area contributed by atoms with Gasteiger partial charge in [0.2, 0.25) is 5.95 Å². The Morgan fingerprint density at radius 1 is 1.46 bits per heavy atom. The van der Waals surface area contributed by atoms with E-state index in [0.717, 1.165) is 6.42 Å². The van der Waals surface area contributed by atoms with Crippen LogP contribution in [-0.2, 0) is 0 Å². The zero-order valence-corrected chi connectivity index (χ0v) is 15.2. The minimum atomic E-state index is -0.465. The largest absolute Gasteiger partial charge is 0.394 e. The van der Waals surface area contributed by atoms with Gasteiger partial charge in [-0.15, -0.1) is 12.4 Å². The summed E-state index contributed by atoms with van der Waals surface area (Å²) in [5.41, 5.74) is 0.499. The maximum atomic E-state index is 10.8. The number of aliphatic hydroxyl groups is 1. The summed E-state index contributed by atoms with van der Waals surface area (Å²) in [7, 11) is 0. The molecule has 0 saturated carbocycles. The Balaban J connectivity index is 0.00000288. The van der Waals surface area contributed by atoms with Gasteiger partial charge in [0.15, 0.2) is 0 Å². The molecule has 24 heavy (non-hydrogen) atoms. The first-order valence-electron chi connectivity index (χ1n) is 6.95. The van der Waals surface area contributed by atoms with E-state index in [1.807, 2.05) is 6.92 Å². The molecular weight excluding hydrogens is 402 g/mol. The van der Waals surface area contributed by atoms with Crippen LogP contribution in [0.4, 0.5) is 23.1 Å². The number of nitrogens with one attached hydrogen (secondary N) is 2. The zero-order chi connectivity index (χ0) is 16.8. The van der Waals surface area contributed by atoms with Gasteiger partial charge in [0.25, 0.3) is 5.69 Å². The van der Waals surface area contributed by atoms with Crippen molar-refractivity contribution in [3.8, 4) is 0 Å². The highest BCUT2D eigenvalue weighted by Crippen LogP contribution is 2.24. The Bertz CT molecular complexity index is 700. The minimum absolute atomic E-state index is 0. The molecule has 0 amide bonds. The molecule has 0 bridgehead atoms. The summed E-state index contributed by atoms with van der Waals surface area (Å²) in [6.07, 6.45) is 2.31. The van der Waals surface area contributed by atoms with Gasteiger partial charge in [-0.1, -0.05) is 13.0 Å². The molecule has 10 heteroatoms. The topological polar surface area (TPSA) is 113 Å². The number of nitrogens with zero attached hydrogens (tertiary/aromatic N) is 3. The van der Waals surface area contributed by atoms with E-state index < -0.39 is 4.92 Å². The SMILES string of the molecule is CCC(CO)Nc1nc(Nc2cccc([N+](=O)[O-])c2)ncc1Br.Cl. The average Bonchev–Trinajstić information content (AvgIpc) is 2.55. The molecule has 0 radical (unpaired) electrons. The zero-order valence-electron chi connectivity index (χ0n) is 12.8. The number of nitro groups is 1. The van der Waals surface area contributed by atoms with Crippen LogP contribution in [0.25, 0.3) is 0 Å². The van der Waals surface area contributed by atoms with Gasteiger partial charge in [0.1, 0.15) is 5.82 Å². The molecule has 2 aromatic rings. The van der Waals surface area contributed by atoms with Gasteiger partial charge in [-0.25, -0.2) is 4.98 Å². The fraction of sp³-hybridized carbons (Fsp3) is 0.286. The molecule has 0 aliphatic carbocycles. The van der Waals surface area contributed by atoms with E-state index in [1.54, 1.807) is 18.3 Å². The first-order valence-corrected chi connectivity index (χ1v) is 7.74. The van der Waals surface area contributed by atoms with Crippen molar-refractivity contribution in [1.29, 1.82) is 0 Å². The second-order valence-electron chi connectivity index (χ2n) is 4.75. The Morgan fingerprint density at radius 2 is 2.21 bits per heavy atom. The third-order valence-corrected chi connectivity index (χ3v) is 3.69. The van der Waals surface area contributed by atoms with Crippen LogP contribution in [0.3, 0.4) is 0 Å². The third kappa shape index (κ3) is 5.29. The highest BCUT2D eigenvalue weighted by molar-refractivity contribution is 9.10. The van der Waals surface area contributed by atoms with E-state index >= 15 is 0 Å². The van der Waals surface area contributed by atoms with Crippen molar-refractivity contribution in [2.24, 2.45) is 0 Å². The highest BCUT2D eigenvalue weighted by Gasteiger charge is 2.11. The van der Waals surface area contributed by atoms with Crippen LogP contribution in [0.15, 0.2) is 34.9 Å². The fourth-order valence-electron chi connectivity index (χ4n) is 1.83. The number of nitro benzene ring substituents is 1. The molecule has 1 atom stereocenters. The van der Waals surface area contributed by atoms with Gasteiger partial charge in [-0.05, 0) is 28.4 Å². The van der Waals surface area contributed by atoms with E-state index in [0.29, 0.717) is 21.9 Å². The van der Waals surface area contributed by atoms with Gasteiger partial charge < -0.3 is 15.7 Å². The van der Waals surface area contributed by atoms with Crippen molar-refractivity contribution in [3.63, 3.8) is 0 Å². The van der Waals surface area contributed by atoms with Gasteiger partial charge >= 0.3 is 0 Å². The summed E-state index contributed by atoms with van der Waals surface area (Å²) in [5, 5.41) is 26.1. The number of rotatable bonds is 7. The van der Waals surface area contributed by atoms with Crippen molar-refractivity contribution in [3.05, 3.63) is 45.0 Å². The normalized spacial score (nSPS) is 11.3.